The van der Waals surface area contributed by atoms with E-state index in [1.807, 2.05) is 47.6 Å². The predicted molar refractivity (Wildman–Crippen MR) is 91.3 cm³/mol. The molecular formula is C18H17ClN2O2. The molecule has 0 saturated heterocycles. The van der Waals surface area contributed by atoms with Crippen molar-refractivity contribution in [3.8, 4) is 0 Å². The third-order valence-electron chi connectivity index (χ3n) is 3.59. The zero-order chi connectivity index (χ0) is 16.2. The number of nitrogens with zero attached hydrogens (tertiary/aromatic N) is 1. The van der Waals surface area contributed by atoms with E-state index in [1.165, 1.54) is 0 Å². The molecule has 0 amide bonds. The quantitative estimate of drug-likeness (QED) is 0.858. The molecule has 4 nitrogen and oxygen atoms in total. The number of halogens is 1. The van der Waals surface area contributed by atoms with Crippen LogP contribution >= 0.6 is 11.6 Å². The molecule has 1 heterocycles. The molecule has 0 aromatic heterocycles. The molecule has 2 aromatic carbocycles. The van der Waals surface area contributed by atoms with Crippen LogP contribution in [0.5, 0.6) is 0 Å². The standard InChI is InChI=1S/C18H17ClN2O2/c1-2-23-18(22)14-5-9-16(10-6-14)21-12-11-17(20-21)13-3-7-15(19)8-4-13/h3-12,17,20H,2H2,1H3. The van der Waals surface area contributed by atoms with Crippen LogP contribution in [0.15, 0.2) is 60.8 Å². The van der Waals surface area contributed by atoms with E-state index >= 15 is 0 Å². The maximum atomic E-state index is 11.7. The molecule has 0 saturated carbocycles. The van der Waals surface area contributed by atoms with Crippen molar-refractivity contribution in [2.45, 2.75) is 13.0 Å². The monoisotopic (exact) mass is 328 g/mol. The highest BCUT2D eigenvalue weighted by Crippen LogP contribution is 2.25. The number of carbonyl (C=O) groups is 1. The predicted octanol–water partition coefficient (Wildman–Crippen LogP) is 4.10. The van der Waals surface area contributed by atoms with Crippen molar-refractivity contribution in [1.29, 1.82) is 0 Å². The van der Waals surface area contributed by atoms with Gasteiger partial charge in [-0.15, -0.1) is 0 Å². The fourth-order valence-electron chi connectivity index (χ4n) is 2.40. The Morgan fingerprint density at radius 1 is 1.17 bits per heavy atom. The number of nitrogens with one attached hydrogen (secondary N) is 1. The van der Waals surface area contributed by atoms with Gasteiger partial charge < -0.3 is 4.74 Å². The Labute approximate surface area is 140 Å². The summed E-state index contributed by atoms with van der Waals surface area (Å²) in [6.45, 7) is 2.17. The van der Waals surface area contributed by atoms with Crippen LogP contribution in [-0.4, -0.2) is 12.6 Å². The summed E-state index contributed by atoms with van der Waals surface area (Å²) in [4.78, 5) is 11.7. The summed E-state index contributed by atoms with van der Waals surface area (Å²) in [6, 6.07) is 15.1. The second-order valence-corrected chi connectivity index (χ2v) is 5.57. The molecule has 0 spiro atoms. The summed E-state index contributed by atoms with van der Waals surface area (Å²) in [5.41, 5.74) is 6.01. The maximum Gasteiger partial charge on any atom is 0.338 e. The van der Waals surface area contributed by atoms with Gasteiger partial charge in [0.05, 0.1) is 23.9 Å². The number of esters is 1. The Morgan fingerprint density at radius 2 is 1.87 bits per heavy atom. The average molecular weight is 329 g/mol. The molecule has 0 radical (unpaired) electrons. The molecule has 1 aliphatic heterocycles. The third kappa shape index (κ3) is 3.55. The molecule has 2 aromatic rings. The fourth-order valence-corrected chi connectivity index (χ4v) is 2.52. The number of carbonyl (C=O) groups excluding carboxylic acids is 1. The summed E-state index contributed by atoms with van der Waals surface area (Å²) in [5, 5.41) is 2.65. The number of hydrogen-bond acceptors (Lipinski definition) is 4. The lowest BCUT2D eigenvalue weighted by atomic mass is 10.1. The molecule has 1 unspecified atom stereocenters. The first kappa shape index (κ1) is 15.6. The van der Waals surface area contributed by atoms with Crippen LogP contribution in [0.1, 0.15) is 28.9 Å². The Bertz CT molecular complexity index is 711. The molecular weight excluding hydrogens is 312 g/mol. The molecule has 0 bridgehead atoms. The summed E-state index contributed by atoms with van der Waals surface area (Å²) in [6.07, 6.45) is 4.04. The van der Waals surface area contributed by atoms with Gasteiger partial charge in [0.25, 0.3) is 0 Å². The maximum absolute atomic E-state index is 11.7. The van der Waals surface area contributed by atoms with Crippen LogP contribution < -0.4 is 10.4 Å². The van der Waals surface area contributed by atoms with Crippen LogP contribution in [0.3, 0.4) is 0 Å². The van der Waals surface area contributed by atoms with E-state index in [0.717, 1.165) is 16.3 Å². The van der Waals surface area contributed by atoms with Crippen molar-refractivity contribution >= 4 is 23.3 Å². The topological polar surface area (TPSA) is 41.6 Å². The SMILES string of the molecule is CCOC(=O)c1ccc(N2C=CC(c3ccc(Cl)cc3)N2)cc1. The fraction of sp³-hybridized carbons (Fsp3) is 0.167. The van der Waals surface area contributed by atoms with Gasteiger partial charge in [-0.2, -0.15) is 0 Å². The van der Waals surface area contributed by atoms with E-state index in [4.69, 9.17) is 16.3 Å². The summed E-state index contributed by atoms with van der Waals surface area (Å²) >= 11 is 5.92. The van der Waals surface area contributed by atoms with Gasteiger partial charge in [0.2, 0.25) is 0 Å². The number of anilines is 1. The van der Waals surface area contributed by atoms with Gasteiger partial charge in [0, 0.05) is 11.2 Å². The Kier molecular flexibility index (Phi) is 4.65. The van der Waals surface area contributed by atoms with E-state index < -0.39 is 0 Å². The number of ether oxygens (including phenoxy) is 1. The summed E-state index contributed by atoms with van der Waals surface area (Å²) in [5.74, 6) is -0.303. The molecule has 1 atom stereocenters. The van der Waals surface area contributed by atoms with Crippen molar-refractivity contribution in [2.75, 3.05) is 11.6 Å². The third-order valence-corrected chi connectivity index (χ3v) is 3.84. The van der Waals surface area contributed by atoms with Gasteiger partial charge in [0.15, 0.2) is 0 Å². The first-order valence-corrected chi connectivity index (χ1v) is 7.81. The Morgan fingerprint density at radius 3 is 2.52 bits per heavy atom. The zero-order valence-electron chi connectivity index (χ0n) is 12.7. The summed E-state index contributed by atoms with van der Waals surface area (Å²) in [7, 11) is 0. The van der Waals surface area contributed by atoms with E-state index in [2.05, 4.69) is 11.5 Å². The Balaban J connectivity index is 1.68. The van der Waals surface area contributed by atoms with Gasteiger partial charge in [-0.25, -0.2) is 10.2 Å². The van der Waals surface area contributed by atoms with Crippen LogP contribution in [-0.2, 0) is 4.74 Å². The molecule has 23 heavy (non-hydrogen) atoms. The molecule has 0 fully saturated rings. The smallest absolute Gasteiger partial charge is 0.338 e. The minimum absolute atomic E-state index is 0.0944. The van der Waals surface area contributed by atoms with E-state index in [-0.39, 0.29) is 12.0 Å². The number of benzene rings is 2. The number of hydrazine groups is 1. The van der Waals surface area contributed by atoms with Crippen molar-refractivity contribution < 1.29 is 9.53 Å². The van der Waals surface area contributed by atoms with Gasteiger partial charge >= 0.3 is 5.97 Å². The average Bonchev–Trinajstić information content (AvgIpc) is 3.06. The van der Waals surface area contributed by atoms with Crippen LogP contribution in [0.25, 0.3) is 0 Å². The lowest BCUT2D eigenvalue weighted by Gasteiger charge is -2.20. The van der Waals surface area contributed by atoms with Gasteiger partial charge in [-0.3, -0.25) is 5.01 Å². The first-order valence-electron chi connectivity index (χ1n) is 7.44. The molecule has 1 aliphatic rings. The lowest BCUT2D eigenvalue weighted by molar-refractivity contribution is 0.0526. The lowest BCUT2D eigenvalue weighted by Crippen LogP contribution is -2.30. The minimum atomic E-state index is -0.303. The van der Waals surface area contributed by atoms with Gasteiger partial charge in [-0.1, -0.05) is 23.7 Å². The Hall–Kier alpha value is -2.30. The molecule has 5 heteroatoms. The van der Waals surface area contributed by atoms with Gasteiger partial charge in [0.1, 0.15) is 0 Å². The highest BCUT2D eigenvalue weighted by Gasteiger charge is 2.18. The molecule has 3 rings (SSSR count). The normalized spacial score (nSPS) is 16.6. The second kappa shape index (κ2) is 6.86. The van der Waals surface area contributed by atoms with Crippen LogP contribution in [0.4, 0.5) is 5.69 Å². The van der Waals surface area contributed by atoms with Crippen LogP contribution in [0.2, 0.25) is 5.02 Å². The highest BCUT2D eigenvalue weighted by atomic mass is 35.5. The van der Waals surface area contributed by atoms with Gasteiger partial charge in [-0.05, 0) is 55.0 Å². The number of rotatable bonds is 4. The highest BCUT2D eigenvalue weighted by molar-refractivity contribution is 6.30. The van der Waals surface area contributed by atoms with Crippen molar-refractivity contribution in [3.05, 3.63) is 77.0 Å². The van der Waals surface area contributed by atoms with Crippen molar-refractivity contribution in [2.24, 2.45) is 0 Å². The molecule has 0 aliphatic carbocycles. The largest absolute Gasteiger partial charge is 0.462 e. The van der Waals surface area contributed by atoms with Crippen LogP contribution in [0, 0.1) is 0 Å². The molecule has 118 valence electrons. The van der Waals surface area contributed by atoms with Crippen molar-refractivity contribution in [3.63, 3.8) is 0 Å². The second-order valence-electron chi connectivity index (χ2n) is 5.14. The zero-order valence-corrected chi connectivity index (χ0v) is 13.5. The van der Waals surface area contributed by atoms with E-state index in [9.17, 15) is 4.79 Å². The first-order chi connectivity index (χ1) is 11.2. The van der Waals surface area contributed by atoms with E-state index in [0.29, 0.717) is 12.2 Å². The minimum Gasteiger partial charge on any atom is -0.462 e. The molecule has 1 N–H and O–H groups in total. The summed E-state index contributed by atoms with van der Waals surface area (Å²) < 4.78 is 4.98. The number of hydrogen-bond donors (Lipinski definition) is 1. The van der Waals surface area contributed by atoms with Crippen molar-refractivity contribution in [1.82, 2.24) is 5.43 Å². The van der Waals surface area contributed by atoms with E-state index in [1.54, 1.807) is 19.1 Å².